The van der Waals surface area contributed by atoms with E-state index in [1.807, 2.05) is 0 Å². The lowest BCUT2D eigenvalue weighted by molar-refractivity contribution is 0.563. The minimum absolute atomic E-state index is 0.368. The van der Waals surface area contributed by atoms with Gasteiger partial charge < -0.3 is 5.32 Å². The van der Waals surface area contributed by atoms with Crippen LogP contribution in [0.25, 0.3) is 10.8 Å². The molecule has 18 heavy (non-hydrogen) atoms. The van der Waals surface area contributed by atoms with E-state index in [0.29, 0.717) is 6.04 Å². The second-order valence-electron chi connectivity index (χ2n) is 4.59. The normalized spacial score (nSPS) is 12.2. The number of unbranched alkanes of at least 4 members (excludes halogenated alkanes) is 1. The molecule has 1 heteroatoms. The topological polar surface area (TPSA) is 12.0 Å². The zero-order chi connectivity index (χ0) is 12.8. The molecule has 0 fully saturated rings. The molecule has 0 spiro atoms. The number of hydrogen-bond donors (Lipinski definition) is 1. The lowest BCUT2D eigenvalue weighted by atomic mass is 10.0. The van der Waals surface area contributed by atoms with Crippen molar-refractivity contribution in [3.63, 3.8) is 0 Å². The number of fused-ring (bicyclic) bond motifs is 1. The van der Waals surface area contributed by atoms with Crippen LogP contribution in [0.4, 0.5) is 0 Å². The predicted octanol–water partition coefficient (Wildman–Crippen LogP) is 3.90. The third-order valence-corrected chi connectivity index (χ3v) is 3.22. The Morgan fingerprint density at radius 1 is 1.17 bits per heavy atom. The molecule has 2 rings (SSSR count). The zero-order valence-electron chi connectivity index (χ0n) is 10.8. The van der Waals surface area contributed by atoms with Crippen molar-refractivity contribution in [2.75, 3.05) is 6.54 Å². The summed E-state index contributed by atoms with van der Waals surface area (Å²) in [5.41, 5.74) is 1.33. The molecule has 92 valence electrons. The van der Waals surface area contributed by atoms with Gasteiger partial charge in [-0.1, -0.05) is 36.4 Å². The number of benzene rings is 2. The smallest absolute Gasteiger partial charge is 0.0292 e. The van der Waals surface area contributed by atoms with Crippen molar-refractivity contribution in [1.29, 1.82) is 0 Å². The zero-order valence-corrected chi connectivity index (χ0v) is 10.8. The van der Waals surface area contributed by atoms with Gasteiger partial charge in [0.1, 0.15) is 0 Å². The van der Waals surface area contributed by atoms with Crippen molar-refractivity contribution in [1.82, 2.24) is 5.32 Å². The third-order valence-electron chi connectivity index (χ3n) is 3.22. The summed E-state index contributed by atoms with van der Waals surface area (Å²) in [7, 11) is 0. The van der Waals surface area contributed by atoms with Crippen LogP contribution in [0.3, 0.4) is 0 Å². The molecule has 0 heterocycles. The molecule has 1 N–H and O–H groups in total. The third kappa shape index (κ3) is 3.12. The maximum absolute atomic E-state index is 5.24. The van der Waals surface area contributed by atoms with Crippen molar-refractivity contribution in [3.8, 4) is 12.3 Å². The monoisotopic (exact) mass is 237 g/mol. The Balaban J connectivity index is 2.04. The van der Waals surface area contributed by atoms with Gasteiger partial charge in [0.05, 0.1) is 0 Å². The molecule has 0 aromatic heterocycles. The molecule has 0 amide bonds. The van der Waals surface area contributed by atoms with Crippen molar-refractivity contribution >= 4 is 10.8 Å². The molecule has 0 saturated heterocycles. The highest BCUT2D eigenvalue weighted by molar-refractivity contribution is 5.83. The molecule has 1 atom stereocenters. The lowest BCUT2D eigenvalue weighted by Gasteiger charge is -2.14. The molecular weight excluding hydrogens is 218 g/mol. The van der Waals surface area contributed by atoms with Gasteiger partial charge in [-0.25, -0.2) is 0 Å². The van der Waals surface area contributed by atoms with Gasteiger partial charge in [0, 0.05) is 12.5 Å². The minimum Gasteiger partial charge on any atom is -0.310 e. The van der Waals surface area contributed by atoms with Crippen molar-refractivity contribution in [3.05, 3.63) is 48.0 Å². The summed E-state index contributed by atoms with van der Waals surface area (Å²) in [6, 6.07) is 15.5. The molecule has 0 aliphatic rings. The Kier molecular flexibility index (Phi) is 4.39. The first-order valence-corrected chi connectivity index (χ1v) is 6.47. The average Bonchev–Trinajstić information content (AvgIpc) is 2.43. The first-order chi connectivity index (χ1) is 8.81. The van der Waals surface area contributed by atoms with Crippen molar-refractivity contribution in [2.45, 2.75) is 25.8 Å². The van der Waals surface area contributed by atoms with Crippen LogP contribution < -0.4 is 5.32 Å². The summed E-state index contributed by atoms with van der Waals surface area (Å²) in [5.74, 6) is 2.67. The van der Waals surface area contributed by atoms with E-state index in [1.54, 1.807) is 0 Å². The van der Waals surface area contributed by atoms with Crippen LogP contribution in [0.1, 0.15) is 31.4 Å². The van der Waals surface area contributed by atoms with E-state index >= 15 is 0 Å². The highest BCUT2D eigenvalue weighted by Gasteiger charge is 2.04. The quantitative estimate of drug-likeness (QED) is 0.614. The van der Waals surface area contributed by atoms with E-state index in [0.717, 1.165) is 19.4 Å². The van der Waals surface area contributed by atoms with E-state index in [1.165, 1.54) is 16.3 Å². The molecule has 0 bridgehead atoms. The van der Waals surface area contributed by atoms with Gasteiger partial charge >= 0.3 is 0 Å². The number of terminal acetylenes is 1. The maximum atomic E-state index is 5.24. The summed E-state index contributed by atoms with van der Waals surface area (Å²) >= 11 is 0. The van der Waals surface area contributed by atoms with Crippen molar-refractivity contribution < 1.29 is 0 Å². The van der Waals surface area contributed by atoms with Crippen molar-refractivity contribution in [2.24, 2.45) is 0 Å². The van der Waals surface area contributed by atoms with Gasteiger partial charge in [0.2, 0.25) is 0 Å². The Hall–Kier alpha value is -1.78. The van der Waals surface area contributed by atoms with Crippen LogP contribution in [0.2, 0.25) is 0 Å². The second-order valence-corrected chi connectivity index (χ2v) is 4.59. The SMILES string of the molecule is C#CCCCNC(C)c1ccc2ccccc2c1. The lowest BCUT2D eigenvalue weighted by Crippen LogP contribution is -2.19. The second kappa shape index (κ2) is 6.23. The van der Waals surface area contributed by atoms with Gasteiger partial charge in [0.25, 0.3) is 0 Å². The van der Waals surface area contributed by atoms with E-state index in [-0.39, 0.29) is 0 Å². The van der Waals surface area contributed by atoms with E-state index < -0.39 is 0 Å². The Morgan fingerprint density at radius 3 is 2.72 bits per heavy atom. The van der Waals surface area contributed by atoms with Gasteiger partial charge in [0.15, 0.2) is 0 Å². The van der Waals surface area contributed by atoms with Crippen LogP contribution in [-0.2, 0) is 0 Å². The van der Waals surface area contributed by atoms with Crippen LogP contribution in [0, 0.1) is 12.3 Å². The maximum Gasteiger partial charge on any atom is 0.0292 e. The molecule has 1 unspecified atom stereocenters. The molecule has 2 aromatic rings. The Morgan fingerprint density at radius 2 is 1.94 bits per heavy atom. The van der Waals surface area contributed by atoms with Crippen LogP contribution >= 0.6 is 0 Å². The summed E-state index contributed by atoms with van der Waals surface area (Å²) < 4.78 is 0. The fourth-order valence-corrected chi connectivity index (χ4v) is 2.10. The van der Waals surface area contributed by atoms with Crippen LogP contribution in [0.5, 0.6) is 0 Å². The summed E-state index contributed by atoms with van der Waals surface area (Å²) in [6.45, 7) is 3.16. The average molecular weight is 237 g/mol. The number of hydrogen-bond acceptors (Lipinski definition) is 1. The molecule has 0 aliphatic carbocycles. The molecular formula is C17H19N. The van der Waals surface area contributed by atoms with Gasteiger partial charge in [-0.2, -0.15) is 0 Å². The van der Waals surface area contributed by atoms with Gasteiger partial charge in [-0.15, -0.1) is 12.3 Å². The molecule has 2 aromatic carbocycles. The van der Waals surface area contributed by atoms with Gasteiger partial charge in [-0.3, -0.25) is 0 Å². The minimum atomic E-state index is 0.368. The number of rotatable bonds is 5. The largest absolute Gasteiger partial charge is 0.310 e. The molecule has 0 radical (unpaired) electrons. The summed E-state index contributed by atoms with van der Waals surface area (Å²) in [6.07, 6.45) is 7.12. The summed E-state index contributed by atoms with van der Waals surface area (Å²) in [4.78, 5) is 0. The van der Waals surface area contributed by atoms with Crippen LogP contribution in [0.15, 0.2) is 42.5 Å². The van der Waals surface area contributed by atoms with E-state index in [9.17, 15) is 0 Å². The summed E-state index contributed by atoms with van der Waals surface area (Å²) in [5, 5.41) is 6.09. The molecule has 0 saturated carbocycles. The molecule has 0 aliphatic heterocycles. The predicted molar refractivity (Wildman–Crippen MR) is 78.4 cm³/mol. The number of nitrogens with one attached hydrogen (secondary N) is 1. The Bertz CT molecular complexity index is 551. The fourth-order valence-electron chi connectivity index (χ4n) is 2.10. The Labute approximate surface area is 109 Å². The van der Waals surface area contributed by atoms with E-state index in [4.69, 9.17) is 6.42 Å². The van der Waals surface area contributed by atoms with Crippen LogP contribution in [-0.4, -0.2) is 6.54 Å². The molecule has 1 nitrogen and oxygen atoms in total. The first kappa shape index (κ1) is 12.7. The standard InChI is InChI=1S/C17H19N/c1-3-4-7-12-18-14(2)16-11-10-15-8-5-6-9-17(15)13-16/h1,5-6,8-11,13-14,18H,4,7,12H2,2H3. The fraction of sp³-hybridized carbons (Fsp3) is 0.294. The highest BCUT2D eigenvalue weighted by Crippen LogP contribution is 2.20. The first-order valence-electron chi connectivity index (χ1n) is 6.47. The highest BCUT2D eigenvalue weighted by atomic mass is 14.9. The van der Waals surface area contributed by atoms with E-state index in [2.05, 4.69) is 60.6 Å². The van der Waals surface area contributed by atoms with Gasteiger partial charge in [-0.05, 0) is 42.3 Å².